The third-order valence-corrected chi connectivity index (χ3v) is 1.97. The van der Waals surface area contributed by atoms with E-state index < -0.39 is 0 Å². The third kappa shape index (κ3) is 2.99. The molecule has 0 saturated heterocycles. The summed E-state index contributed by atoms with van der Waals surface area (Å²) in [5.41, 5.74) is 5.27. The molecule has 0 bridgehead atoms. The Morgan fingerprint density at radius 1 is 1.62 bits per heavy atom. The van der Waals surface area contributed by atoms with Crippen molar-refractivity contribution in [2.75, 3.05) is 6.54 Å². The molecule has 13 heavy (non-hydrogen) atoms. The predicted octanol–water partition coefficient (Wildman–Crippen LogP) is 0.271. The van der Waals surface area contributed by atoms with Gasteiger partial charge in [0.25, 0.3) is 0 Å². The molecule has 0 aliphatic carbocycles. The number of imidazole rings is 1. The van der Waals surface area contributed by atoms with Gasteiger partial charge in [-0.15, -0.1) is 0 Å². The molecule has 0 aliphatic rings. The van der Waals surface area contributed by atoms with Crippen LogP contribution in [-0.4, -0.2) is 21.9 Å². The summed E-state index contributed by atoms with van der Waals surface area (Å²) < 4.78 is 1.93. The molecule has 4 heteroatoms. The fraction of sp³-hybridized carbons (Fsp3) is 0.556. The van der Waals surface area contributed by atoms with Crippen LogP contribution in [0.3, 0.4) is 0 Å². The summed E-state index contributed by atoms with van der Waals surface area (Å²) in [6.45, 7) is 0.444. The normalized spacial score (nSPS) is 10.3. The highest BCUT2D eigenvalue weighted by molar-refractivity contribution is 5.78. The van der Waals surface area contributed by atoms with Crippen molar-refractivity contribution in [2.45, 2.75) is 19.3 Å². The molecule has 0 atom stereocenters. The van der Waals surface area contributed by atoms with Crippen LogP contribution < -0.4 is 5.73 Å². The van der Waals surface area contributed by atoms with Crippen LogP contribution in [0, 0.1) is 0 Å². The number of carbonyl (C=O) groups excluding carboxylic acids is 1. The van der Waals surface area contributed by atoms with Crippen molar-refractivity contribution in [3.8, 4) is 0 Å². The summed E-state index contributed by atoms with van der Waals surface area (Å²) in [6, 6.07) is 0. The third-order valence-electron chi connectivity index (χ3n) is 1.97. The van der Waals surface area contributed by atoms with Gasteiger partial charge >= 0.3 is 0 Å². The van der Waals surface area contributed by atoms with E-state index in [1.807, 2.05) is 17.8 Å². The number of nitrogens with zero attached hydrogens (tertiary/aromatic N) is 2. The maximum Gasteiger partial charge on any atom is 0.134 e. The van der Waals surface area contributed by atoms with E-state index in [2.05, 4.69) is 4.98 Å². The molecular weight excluding hydrogens is 166 g/mol. The largest absolute Gasteiger partial charge is 0.338 e. The van der Waals surface area contributed by atoms with E-state index in [1.54, 1.807) is 6.20 Å². The fourth-order valence-electron chi connectivity index (χ4n) is 1.17. The summed E-state index contributed by atoms with van der Waals surface area (Å²) in [6.07, 6.45) is 5.35. The SMILES string of the molecule is Cn1ccnc1CCC(=O)CCN. The van der Waals surface area contributed by atoms with E-state index >= 15 is 0 Å². The van der Waals surface area contributed by atoms with Crippen molar-refractivity contribution in [1.29, 1.82) is 0 Å². The maximum atomic E-state index is 11.1. The van der Waals surface area contributed by atoms with Crippen molar-refractivity contribution in [1.82, 2.24) is 9.55 Å². The van der Waals surface area contributed by atoms with Crippen LogP contribution in [-0.2, 0) is 18.3 Å². The standard InChI is InChI=1S/C9H15N3O/c1-12-7-6-11-9(12)3-2-8(13)4-5-10/h6-7H,2-5,10H2,1H3. The Hall–Kier alpha value is -1.16. The number of hydrogen-bond donors (Lipinski definition) is 1. The Labute approximate surface area is 77.8 Å². The minimum Gasteiger partial charge on any atom is -0.338 e. The quantitative estimate of drug-likeness (QED) is 0.709. The first-order chi connectivity index (χ1) is 6.24. The highest BCUT2D eigenvalue weighted by atomic mass is 16.1. The van der Waals surface area contributed by atoms with Crippen LogP contribution in [0.1, 0.15) is 18.7 Å². The van der Waals surface area contributed by atoms with Crippen LogP contribution in [0.5, 0.6) is 0 Å². The van der Waals surface area contributed by atoms with Crippen LogP contribution in [0.4, 0.5) is 0 Å². The van der Waals surface area contributed by atoms with E-state index in [0.717, 1.165) is 5.82 Å². The molecule has 2 N–H and O–H groups in total. The second kappa shape index (κ2) is 4.77. The van der Waals surface area contributed by atoms with Crippen molar-refractivity contribution >= 4 is 5.78 Å². The molecule has 0 fully saturated rings. The Balaban J connectivity index is 2.35. The molecule has 1 rings (SSSR count). The maximum absolute atomic E-state index is 11.1. The van der Waals surface area contributed by atoms with E-state index in [9.17, 15) is 4.79 Å². The highest BCUT2D eigenvalue weighted by Crippen LogP contribution is 2.00. The van der Waals surface area contributed by atoms with Gasteiger partial charge in [-0.2, -0.15) is 0 Å². The molecule has 0 radical (unpaired) electrons. The number of aromatic nitrogens is 2. The predicted molar refractivity (Wildman–Crippen MR) is 50.2 cm³/mol. The van der Waals surface area contributed by atoms with Crippen LogP contribution in [0.15, 0.2) is 12.4 Å². The molecule has 0 saturated carbocycles. The van der Waals surface area contributed by atoms with Crippen LogP contribution in [0.2, 0.25) is 0 Å². The number of Topliss-reactive ketones (excluding diaryl/α,β-unsaturated/α-hetero) is 1. The topological polar surface area (TPSA) is 60.9 Å². The average molecular weight is 181 g/mol. The zero-order chi connectivity index (χ0) is 9.68. The summed E-state index contributed by atoms with van der Waals surface area (Å²) >= 11 is 0. The van der Waals surface area contributed by atoms with E-state index in [1.165, 1.54) is 0 Å². The smallest absolute Gasteiger partial charge is 0.134 e. The molecule has 1 aromatic heterocycles. The lowest BCUT2D eigenvalue weighted by molar-refractivity contribution is -0.118. The highest BCUT2D eigenvalue weighted by Gasteiger charge is 2.03. The van der Waals surface area contributed by atoms with Gasteiger partial charge in [-0.25, -0.2) is 4.98 Å². The Morgan fingerprint density at radius 2 is 2.38 bits per heavy atom. The van der Waals surface area contributed by atoms with Crippen molar-refractivity contribution in [3.05, 3.63) is 18.2 Å². The lowest BCUT2D eigenvalue weighted by Gasteiger charge is -2.00. The van der Waals surface area contributed by atoms with Gasteiger partial charge in [-0.3, -0.25) is 4.79 Å². The van der Waals surface area contributed by atoms with Gasteiger partial charge in [-0.1, -0.05) is 0 Å². The average Bonchev–Trinajstić information content (AvgIpc) is 2.48. The first kappa shape index (κ1) is 9.92. The van der Waals surface area contributed by atoms with Gasteiger partial charge in [0.1, 0.15) is 11.6 Å². The minimum atomic E-state index is 0.213. The number of rotatable bonds is 5. The van der Waals surface area contributed by atoms with Crippen LogP contribution >= 0.6 is 0 Å². The van der Waals surface area contributed by atoms with Crippen molar-refractivity contribution < 1.29 is 4.79 Å². The lowest BCUT2D eigenvalue weighted by atomic mass is 10.1. The molecular formula is C9H15N3O. The minimum absolute atomic E-state index is 0.213. The molecule has 0 spiro atoms. The first-order valence-corrected chi connectivity index (χ1v) is 4.42. The Kier molecular flexibility index (Phi) is 3.64. The second-order valence-corrected chi connectivity index (χ2v) is 3.03. The molecule has 72 valence electrons. The van der Waals surface area contributed by atoms with Gasteiger partial charge in [0.05, 0.1) is 0 Å². The summed E-state index contributed by atoms with van der Waals surface area (Å²) in [7, 11) is 1.93. The Morgan fingerprint density at radius 3 is 2.92 bits per heavy atom. The van der Waals surface area contributed by atoms with Crippen molar-refractivity contribution in [2.24, 2.45) is 12.8 Å². The summed E-state index contributed by atoms with van der Waals surface area (Å²) in [4.78, 5) is 15.3. The zero-order valence-electron chi connectivity index (χ0n) is 7.86. The molecule has 4 nitrogen and oxygen atoms in total. The Bertz CT molecular complexity index is 280. The van der Waals surface area contributed by atoms with Gasteiger partial charge in [0.2, 0.25) is 0 Å². The summed E-state index contributed by atoms with van der Waals surface area (Å²) in [5.74, 6) is 1.16. The van der Waals surface area contributed by atoms with E-state index in [-0.39, 0.29) is 5.78 Å². The van der Waals surface area contributed by atoms with Crippen LogP contribution in [0.25, 0.3) is 0 Å². The number of aryl methyl sites for hydroxylation is 2. The van der Waals surface area contributed by atoms with Gasteiger partial charge in [0.15, 0.2) is 0 Å². The molecule has 1 heterocycles. The van der Waals surface area contributed by atoms with Gasteiger partial charge in [-0.05, 0) is 6.54 Å². The monoisotopic (exact) mass is 181 g/mol. The fourth-order valence-corrected chi connectivity index (χ4v) is 1.17. The number of ketones is 1. The van der Waals surface area contributed by atoms with Gasteiger partial charge < -0.3 is 10.3 Å². The summed E-state index contributed by atoms with van der Waals surface area (Å²) in [5, 5.41) is 0. The second-order valence-electron chi connectivity index (χ2n) is 3.03. The lowest BCUT2D eigenvalue weighted by Crippen LogP contribution is -2.09. The molecule has 0 aliphatic heterocycles. The number of nitrogens with two attached hydrogens (primary N) is 1. The number of carbonyl (C=O) groups is 1. The first-order valence-electron chi connectivity index (χ1n) is 4.42. The zero-order valence-corrected chi connectivity index (χ0v) is 7.86. The molecule has 0 unspecified atom stereocenters. The molecule has 0 aromatic carbocycles. The van der Waals surface area contributed by atoms with Crippen molar-refractivity contribution in [3.63, 3.8) is 0 Å². The number of hydrogen-bond acceptors (Lipinski definition) is 3. The molecule has 0 amide bonds. The molecule has 1 aromatic rings. The van der Waals surface area contributed by atoms with Gasteiger partial charge in [0, 0.05) is 38.7 Å². The van der Waals surface area contributed by atoms with E-state index in [4.69, 9.17) is 5.73 Å². The van der Waals surface area contributed by atoms with E-state index in [0.29, 0.717) is 25.8 Å².